The van der Waals surface area contributed by atoms with Crippen LogP contribution in [0.1, 0.15) is 12.0 Å². The third kappa shape index (κ3) is 3.45. The molecule has 0 aromatic heterocycles. The quantitative estimate of drug-likeness (QED) is 0.682. The van der Waals surface area contributed by atoms with Crippen LogP contribution in [-0.2, 0) is 0 Å². The molecule has 1 aliphatic heterocycles. The molecule has 1 saturated heterocycles. The third-order valence-corrected chi connectivity index (χ3v) is 4.21. The zero-order valence-corrected chi connectivity index (χ0v) is 12.7. The highest BCUT2D eigenvalue weighted by atomic mass is 79.9. The van der Waals surface area contributed by atoms with Crippen molar-refractivity contribution in [1.82, 2.24) is 4.90 Å². The van der Waals surface area contributed by atoms with E-state index in [0.717, 1.165) is 29.8 Å². The molecule has 1 aliphatic rings. The molecule has 19 heavy (non-hydrogen) atoms. The fourth-order valence-electron chi connectivity index (χ4n) is 2.45. The monoisotopic (exact) mass is 327 g/mol. The second kappa shape index (κ2) is 5.88. The van der Waals surface area contributed by atoms with Crippen LogP contribution in [0.5, 0.6) is 0 Å². The number of benzene rings is 1. The van der Waals surface area contributed by atoms with E-state index in [4.69, 9.17) is 0 Å². The van der Waals surface area contributed by atoms with Crippen LogP contribution in [0, 0.1) is 23.0 Å². The number of rotatable bonds is 4. The maximum absolute atomic E-state index is 10.8. The number of hydrogen-bond donors (Lipinski definition) is 1. The van der Waals surface area contributed by atoms with Crippen LogP contribution in [0.2, 0.25) is 0 Å². The van der Waals surface area contributed by atoms with Crippen LogP contribution in [-0.4, -0.2) is 36.5 Å². The molecule has 1 aromatic rings. The van der Waals surface area contributed by atoms with Crippen molar-refractivity contribution >= 4 is 27.3 Å². The lowest BCUT2D eigenvalue weighted by atomic mass is 10.1. The lowest BCUT2D eigenvalue weighted by Crippen LogP contribution is -2.19. The Morgan fingerprint density at radius 2 is 2.32 bits per heavy atom. The highest BCUT2D eigenvalue weighted by Gasteiger charge is 2.20. The van der Waals surface area contributed by atoms with Gasteiger partial charge in [0.05, 0.1) is 4.92 Å². The molecule has 104 valence electrons. The molecule has 1 aromatic carbocycles. The van der Waals surface area contributed by atoms with Gasteiger partial charge in [0.15, 0.2) is 0 Å². The van der Waals surface area contributed by atoms with Crippen molar-refractivity contribution in [2.75, 3.05) is 32.0 Å². The molecule has 0 bridgehead atoms. The van der Waals surface area contributed by atoms with Crippen LogP contribution < -0.4 is 5.32 Å². The zero-order valence-electron chi connectivity index (χ0n) is 11.1. The van der Waals surface area contributed by atoms with E-state index in [-0.39, 0.29) is 10.6 Å². The number of nitro groups is 1. The van der Waals surface area contributed by atoms with Gasteiger partial charge in [-0.3, -0.25) is 10.1 Å². The van der Waals surface area contributed by atoms with Gasteiger partial charge in [-0.2, -0.15) is 0 Å². The maximum atomic E-state index is 10.8. The van der Waals surface area contributed by atoms with Crippen molar-refractivity contribution in [3.63, 3.8) is 0 Å². The van der Waals surface area contributed by atoms with Gasteiger partial charge < -0.3 is 10.2 Å². The molecule has 5 nitrogen and oxygen atoms in total. The highest BCUT2D eigenvalue weighted by molar-refractivity contribution is 9.10. The van der Waals surface area contributed by atoms with Crippen molar-refractivity contribution < 1.29 is 4.92 Å². The van der Waals surface area contributed by atoms with Gasteiger partial charge in [-0.15, -0.1) is 0 Å². The number of hydrogen-bond acceptors (Lipinski definition) is 4. The number of nitrogens with one attached hydrogen (secondary N) is 1. The number of aryl methyl sites for hydroxylation is 1. The van der Waals surface area contributed by atoms with Gasteiger partial charge >= 0.3 is 0 Å². The molecule has 0 radical (unpaired) electrons. The molecule has 0 spiro atoms. The molecular formula is C13H18BrN3O2. The van der Waals surface area contributed by atoms with Crippen molar-refractivity contribution in [2.45, 2.75) is 13.3 Å². The van der Waals surface area contributed by atoms with E-state index in [1.165, 1.54) is 6.42 Å². The van der Waals surface area contributed by atoms with Gasteiger partial charge in [0.2, 0.25) is 0 Å². The number of anilines is 1. The molecule has 1 heterocycles. The topological polar surface area (TPSA) is 58.4 Å². The first kappa shape index (κ1) is 14.3. The molecule has 0 aliphatic carbocycles. The first-order valence-corrected chi connectivity index (χ1v) is 7.13. The Labute approximate surface area is 121 Å². The Balaban J connectivity index is 2.04. The van der Waals surface area contributed by atoms with Crippen LogP contribution in [0.4, 0.5) is 11.4 Å². The first-order valence-electron chi connectivity index (χ1n) is 6.34. The lowest BCUT2D eigenvalue weighted by Gasteiger charge is -2.14. The summed E-state index contributed by atoms with van der Waals surface area (Å²) in [5, 5.41) is 14.2. The van der Waals surface area contributed by atoms with E-state index < -0.39 is 0 Å². The summed E-state index contributed by atoms with van der Waals surface area (Å²) in [6.07, 6.45) is 1.20. The first-order chi connectivity index (χ1) is 8.97. The third-order valence-electron chi connectivity index (χ3n) is 3.55. The second-order valence-corrected chi connectivity index (χ2v) is 6.03. The SMILES string of the molecule is Cc1cc(NCC2CCN(C)C2)c(Br)cc1[N+](=O)[O-]. The highest BCUT2D eigenvalue weighted by Crippen LogP contribution is 2.31. The number of likely N-dealkylation sites (tertiary alicyclic amines) is 1. The summed E-state index contributed by atoms with van der Waals surface area (Å²) in [6, 6.07) is 3.40. The molecule has 2 rings (SSSR count). The molecule has 1 fully saturated rings. The lowest BCUT2D eigenvalue weighted by molar-refractivity contribution is -0.385. The van der Waals surface area contributed by atoms with Crippen molar-refractivity contribution in [3.8, 4) is 0 Å². The summed E-state index contributed by atoms with van der Waals surface area (Å²) in [6.45, 7) is 4.92. The summed E-state index contributed by atoms with van der Waals surface area (Å²) in [5.74, 6) is 0.646. The Morgan fingerprint density at radius 1 is 1.58 bits per heavy atom. The Bertz CT molecular complexity index is 493. The Kier molecular flexibility index (Phi) is 4.42. The van der Waals surface area contributed by atoms with Crippen LogP contribution in [0.3, 0.4) is 0 Å². The fraction of sp³-hybridized carbons (Fsp3) is 0.538. The molecule has 0 amide bonds. The minimum atomic E-state index is -0.351. The van der Waals surface area contributed by atoms with Gasteiger partial charge in [-0.25, -0.2) is 0 Å². The predicted molar refractivity (Wildman–Crippen MR) is 79.6 cm³/mol. The summed E-state index contributed by atoms with van der Waals surface area (Å²) in [7, 11) is 2.13. The maximum Gasteiger partial charge on any atom is 0.273 e. The van der Waals surface area contributed by atoms with Crippen molar-refractivity contribution in [1.29, 1.82) is 0 Å². The van der Waals surface area contributed by atoms with Crippen molar-refractivity contribution in [3.05, 3.63) is 32.3 Å². The number of nitro benzene ring substituents is 1. The van der Waals surface area contributed by atoms with Crippen molar-refractivity contribution in [2.24, 2.45) is 5.92 Å². The normalized spacial score (nSPS) is 19.6. The smallest absolute Gasteiger partial charge is 0.273 e. The largest absolute Gasteiger partial charge is 0.384 e. The molecular weight excluding hydrogens is 310 g/mol. The minimum Gasteiger partial charge on any atom is -0.384 e. The Morgan fingerprint density at radius 3 is 2.89 bits per heavy atom. The average Bonchev–Trinajstić information content (AvgIpc) is 2.75. The van der Waals surface area contributed by atoms with E-state index in [1.807, 2.05) is 6.07 Å². The summed E-state index contributed by atoms with van der Waals surface area (Å²) in [5.41, 5.74) is 1.76. The minimum absolute atomic E-state index is 0.151. The summed E-state index contributed by atoms with van der Waals surface area (Å²) >= 11 is 3.39. The summed E-state index contributed by atoms with van der Waals surface area (Å²) in [4.78, 5) is 12.8. The van der Waals surface area contributed by atoms with Crippen LogP contribution in [0.25, 0.3) is 0 Å². The van der Waals surface area contributed by atoms with Gasteiger partial charge in [0.25, 0.3) is 5.69 Å². The average molecular weight is 328 g/mol. The van der Waals surface area contributed by atoms with E-state index in [2.05, 4.69) is 33.2 Å². The fourth-order valence-corrected chi connectivity index (χ4v) is 2.92. The van der Waals surface area contributed by atoms with E-state index in [9.17, 15) is 10.1 Å². The molecule has 0 saturated carbocycles. The van der Waals surface area contributed by atoms with Gasteiger partial charge in [0, 0.05) is 34.9 Å². The van der Waals surface area contributed by atoms with E-state index >= 15 is 0 Å². The molecule has 1 atom stereocenters. The number of nitrogens with zero attached hydrogens (tertiary/aromatic N) is 2. The predicted octanol–water partition coefficient (Wildman–Crippen LogP) is 3.03. The van der Waals surface area contributed by atoms with Crippen LogP contribution in [0.15, 0.2) is 16.6 Å². The van der Waals surface area contributed by atoms with Gasteiger partial charge in [0.1, 0.15) is 0 Å². The number of halogens is 1. The Hall–Kier alpha value is -1.14. The van der Waals surface area contributed by atoms with Crippen LogP contribution >= 0.6 is 15.9 Å². The van der Waals surface area contributed by atoms with E-state index in [1.54, 1.807) is 13.0 Å². The zero-order chi connectivity index (χ0) is 14.0. The summed E-state index contributed by atoms with van der Waals surface area (Å²) < 4.78 is 0.746. The van der Waals surface area contributed by atoms with Gasteiger partial charge in [-0.05, 0) is 54.9 Å². The molecule has 1 unspecified atom stereocenters. The van der Waals surface area contributed by atoms with Gasteiger partial charge in [-0.1, -0.05) is 0 Å². The van der Waals surface area contributed by atoms with E-state index in [0.29, 0.717) is 11.5 Å². The molecule has 1 N–H and O–H groups in total. The second-order valence-electron chi connectivity index (χ2n) is 5.17. The molecule has 6 heteroatoms. The standard InChI is InChI=1S/C13H18BrN3O2/c1-9-5-12(11(14)6-13(9)17(18)19)15-7-10-3-4-16(2)8-10/h5-6,10,15H,3-4,7-8H2,1-2H3.